The molecule has 0 radical (unpaired) electrons. The Morgan fingerprint density at radius 3 is 1.66 bits per heavy atom. The second kappa shape index (κ2) is 9.91. The molecule has 3 aromatic rings. The maximum atomic E-state index is 13.9. The zero-order valence-corrected chi connectivity index (χ0v) is 21.4. The molecule has 0 saturated carbocycles. The molecule has 1 N–H and O–H groups in total. The number of benzene rings is 3. The second-order valence-corrected chi connectivity index (χ2v) is 13.6. The molecule has 0 saturated heterocycles. The van der Waals surface area contributed by atoms with Crippen molar-refractivity contribution in [3.8, 4) is 5.75 Å². The fourth-order valence-corrected chi connectivity index (χ4v) is 8.77. The van der Waals surface area contributed by atoms with Gasteiger partial charge in [-0.25, -0.2) is 0 Å². The van der Waals surface area contributed by atoms with Crippen molar-refractivity contribution in [1.82, 2.24) is 0 Å². The molecule has 0 spiro atoms. The molecule has 0 aliphatic carbocycles. The Balaban J connectivity index is 2.13. The molecule has 3 nitrogen and oxygen atoms in total. The highest BCUT2D eigenvalue weighted by Gasteiger charge is 2.58. The monoisotopic (exact) mass is 500 g/mol. The summed E-state index contributed by atoms with van der Waals surface area (Å²) in [5.74, 6) is -0.359. The molecule has 3 aromatic carbocycles. The lowest BCUT2D eigenvalue weighted by molar-refractivity contribution is -0.262. The molecule has 0 aliphatic heterocycles. The summed E-state index contributed by atoms with van der Waals surface area (Å²) in [7, 11) is -2.95. The van der Waals surface area contributed by atoms with Crippen molar-refractivity contribution >= 4 is 18.7 Å². The standard InChI is InChI=1S/C28H31F3O3Si/c1-6-33-21(2)27(32,28(29,30)31)22-17-19-23(20-18-22)34-35(26(3,4)5,24-13-9-7-10-14-24)25-15-11-8-12-16-25/h7-20,32H,2,6H2,1,3-5H3. The summed E-state index contributed by atoms with van der Waals surface area (Å²) in [6.07, 6.45) is -5.01. The van der Waals surface area contributed by atoms with Crippen molar-refractivity contribution in [3.05, 3.63) is 103 Å². The van der Waals surface area contributed by atoms with E-state index in [0.717, 1.165) is 10.4 Å². The number of halogens is 3. The van der Waals surface area contributed by atoms with Crippen LogP contribution in [0, 0.1) is 0 Å². The Labute approximate surface area is 206 Å². The largest absolute Gasteiger partial charge is 0.534 e. The summed E-state index contributed by atoms with van der Waals surface area (Å²) in [6.45, 7) is 11.2. The van der Waals surface area contributed by atoms with Crippen LogP contribution in [0.3, 0.4) is 0 Å². The fourth-order valence-electron chi connectivity index (χ4n) is 4.35. The fraction of sp³-hybridized carbons (Fsp3) is 0.286. The van der Waals surface area contributed by atoms with Gasteiger partial charge in [-0.2, -0.15) is 13.2 Å². The Morgan fingerprint density at radius 2 is 1.29 bits per heavy atom. The van der Waals surface area contributed by atoms with E-state index in [1.54, 1.807) is 0 Å². The quantitative estimate of drug-likeness (QED) is 0.308. The highest BCUT2D eigenvalue weighted by atomic mass is 28.4. The summed E-state index contributed by atoms with van der Waals surface area (Å²) in [5.41, 5.74) is -3.72. The minimum Gasteiger partial charge on any atom is -0.534 e. The van der Waals surface area contributed by atoms with Gasteiger partial charge in [0.2, 0.25) is 5.60 Å². The van der Waals surface area contributed by atoms with Crippen LogP contribution in [0.25, 0.3) is 0 Å². The summed E-state index contributed by atoms with van der Waals surface area (Å²) >= 11 is 0. The zero-order valence-electron chi connectivity index (χ0n) is 20.4. The van der Waals surface area contributed by atoms with Gasteiger partial charge in [-0.05, 0) is 34.5 Å². The van der Waals surface area contributed by atoms with Gasteiger partial charge in [0.05, 0.1) is 6.61 Å². The van der Waals surface area contributed by atoms with Crippen LogP contribution in [-0.4, -0.2) is 26.2 Å². The first kappa shape index (κ1) is 26.6. The Hall–Kier alpha value is -3.03. The van der Waals surface area contributed by atoms with Crippen molar-refractivity contribution in [2.45, 2.75) is 44.5 Å². The third kappa shape index (κ3) is 4.88. The van der Waals surface area contributed by atoms with Crippen LogP contribution >= 0.6 is 0 Å². The van der Waals surface area contributed by atoms with Gasteiger partial charge >= 0.3 is 14.5 Å². The molecule has 0 amide bonds. The zero-order chi connectivity index (χ0) is 25.9. The van der Waals surface area contributed by atoms with Crippen LogP contribution in [0.5, 0.6) is 5.75 Å². The minimum absolute atomic E-state index is 0.0493. The van der Waals surface area contributed by atoms with Gasteiger partial charge < -0.3 is 14.3 Å². The van der Waals surface area contributed by atoms with E-state index in [9.17, 15) is 18.3 Å². The normalized spacial score (nSPS) is 14.2. The predicted molar refractivity (Wildman–Crippen MR) is 135 cm³/mol. The molecule has 3 rings (SSSR count). The first-order valence-corrected chi connectivity index (χ1v) is 13.3. The molecule has 1 unspecified atom stereocenters. The van der Waals surface area contributed by atoms with E-state index in [0.29, 0.717) is 5.75 Å². The van der Waals surface area contributed by atoms with Gasteiger partial charge in [-0.1, -0.05) is 100 Å². The lowest BCUT2D eigenvalue weighted by Gasteiger charge is -2.43. The Morgan fingerprint density at radius 1 is 0.829 bits per heavy atom. The Kier molecular flexibility index (Phi) is 7.52. The van der Waals surface area contributed by atoms with E-state index < -0.39 is 31.4 Å². The first-order valence-electron chi connectivity index (χ1n) is 11.4. The van der Waals surface area contributed by atoms with Crippen LogP contribution in [0.15, 0.2) is 97.3 Å². The number of hydrogen-bond donors (Lipinski definition) is 1. The maximum absolute atomic E-state index is 13.9. The molecule has 0 bridgehead atoms. The smallest absolute Gasteiger partial charge is 0.428 e. The summed E-state index contributed by atoms with van der Waals surface area (Å²) < 4.78 is 53.6. The molecule has 1 atom stereocenters. The van der Waals surface area contributed by atoms with E-state index in [-0.39, 0.29) is 11.6 Å². The highest BCUT2D eigenvalue weighted by Crippen LogP contribution is 2.45. The van der Waals surface area contributed by atoms with E-state index in [2.05, 4.69) is 27.4 Å². The summed E-state index contributed by atoms with van der Waals surface area (Å²) in [6, 6.07) is 25.2. The van der Waals surface area contributed by atoms with Crippen molar-refractivity contribution in [2.24, 2.45) is 0 Å². The molecule has 186 valence electrons. The first-order chi connectivity index (χ1) is 16.4. The number of rotatable bonds is 8. The topological polar surface area (TPSA) is 38.7 Å². The molecule has 7 heteroatoms. The van der Waals surface area contributed by atoms with Crippen molar-refractivity contribution in [2.75, 3.05) is 6.61 Å². The molecule has 0 aliphatic rings. The lowest BCUT2D eigenvalue weighted by Crippen LogP contribution is -2.68. The average molecular weight is 501 g/mol. The second-order valence-electron chi connectivity index (χ2n) is 9.35. The van der Waals surface area contributed by atoms with Crippen molar-refractivity contribution in [3.63, 3.8) is 0 Å². The summed E-state index contributed by atoms with van der Waals surface area (Å²) in [5, 5.41) is 12.4. The predicted octanol–water partition coefficient (Wildman–Crippen LogP) is 5.93. The van der Waals surface area contributed by atoms with Crippen LogP contribution < -0.4 is 14.8 Å². The third-order valence-electron chi connectivity index (χ3n) is 6.09. The van der Waals surface area contributed by atoms with Crippen LogP contribution in [0.1, 0.15) is 33.3 Å². The van der Waals surface area contributed by atoms with Gasteiger partial charge in [0.25, 0.3) is 0 Å². The van der Waals surface area contributed by atoms with Crippen LogP contribution in [-0.2, 0) is 10.3 Å². The number of aliphatic hydroxyl groups is 1. The van der Waals surface area contributed by atoms with Gasteiger partial charge in [0.15, 0.2) is 0 Å². The van der Waals surface area contributed by atoms with E-state index in [4.69, 9.17) is 9.16 Å². The van der Waals surface area contributed by atoms with Gasteiger partial charge in [0, 0.05) is 5.56 Å². The minimum atomic E-state index is -5.01. The Bertz CT molecular complexity index is 1080. The lowest BCUT2D eigenvalue weighted by atomic mass is 9.91. The van der Waals surface area contributed by atoms with Gasteiger partial charge in [0.1, 0.15) is 11.5 Å². The molecule has 0 aromatic heterocycles. The highest BCUT2D eigenvalue weighted by molar-refractivity contribution is 7.00. The van der Waals surface area contributed by atoms with Crippen LogP contribution in [0.2, 0.25) is 5.04 Å². The molecule has 0 heterocycles. The van der Waals surface area contributed by atoms with E-state index in [1.807, 2.05) is 60.7 Å². The van der Waals surface area contributed by atoms with Crippen molar-refractivity contribution in [1.29, 1.82) is 0 Å². The SMILES string of the molecule is C=C(OCC)C(O)(c1ccc(O[Si](c2ccccc2)(c2ccccc2)C(C)(C)C)cc1)C(F)(F)F. The summed E-state index contributed by atoms with van der Waals surface area (Å²) in [4.78, 5) is 0. The van der Waals surface area contributed by atoms with Gasteiger partial charge in [-0.3, -0.25) is 0 Å². The van der Waals surface area contributed by atoms with Crippen molar-refractivity contribution < 1.29 is 27.4 Å². The third-order valence-corrected chi connectivity index (χ3v) is 11.0. The molecular weight excluding hydrogens is 469 g/mol. The van der Waals surface area contributed by atoms with Crippen LogP contribution in [0.4, 0.5) is 13.2 Å². The number of hydrogen-bond acceptors (Lipinski definition) is 3. The van der Waals surface area contributed by atoms with E-state index in [1.165, 1.54) is 31.2 Å². The number of ether oxygens (including phenoxy) is 1. The average Bonchev–Trinajstić information content (AvgIpc) is 2.82. The molecular formula is C28H31F3O3Si. The number of alkyl halides is 3. The van der Waals surface area contributed by atoms with E-state index >= 15 is 0 Å². The molecule has 35 heavy (non-hydrogen) atoms. The van der Waals surface area contributed by atoms with Gasteiger partial charge in [-0.15, -0.1) is 0 Å². The maximum Gasteiger partial charge on any atom is 0.428 e. The molecule has 0 fully saturated rings.